The maximum atomic E-state index is 12.2. The van der Waals surface area contributed by atoms with Gasteiger partial charge in [0, 0.05) is 0 Å². The molecule has 156 valence electrons. The summed E-state index contributed by atoms with van der Waals surface area (Å²) in [5.41, 5.74) is 0.0743. The molecule has 0 aliphatic rings. The van der Waals surface area contributed by atoms with Gasteiger partial charge in [0.25, 0.3) is 0 Å². The minimum absolute atomic E-state index is 0.000935. The van der Waals surface area contributed by atoms with Gasteiger partial charge < -0.3 is 0 Å². The molecule has 1 N–H and O–H groups in total. The molecule has 0 aliphatic heterocycles. The Labute approximate surface area is 177 Å². The SMILES string of the molecule is CCOC(=O)c1cccc([AsH]c2ccc(OC)cc2OCCN(C)C)c1C(=O)O. The van der Waals surface area contributed by atoms with Crippen LogP contribution in [-0.4, -0.2) is 78.7 Å². The van der Waals surface area contributed by atoms with Crippen molar-refractivity contribution >= 4 is 36.4 Å². The van der Waals surface area contributed by atoms with Crippen LogP contribution in [0.5, 0.6) is 11.5 Å². The van der Waals surface area contributed by atoms with Crippen molar-refractivity contribution < 1.29 is 28.9 Å². The number of carbonyl (C=O) groups is 2. The van der Waals surface area contributed by atoms with E-state index in [4.69, 9.17) is 14.2 Å². The zero-order chi connectivity index (χ0) is 21.4. The Bertz CT molecular complexity index is 868. The third-order valence-corrected chi connectivity index (χ3v) is 6.90. The fourth-order valence-electron chi connectivity index (χ4n) is 2.60. The van der Waals surface area contributed by atoms with Gasteiger partial charge in [0.2, 0.25) is 0 Å². The van der Waals surface area contributed by atoms with Crippen molar-refractivity contribution in [2.45, 2.75) is 6.92 Å². The third kappa shape index (κ3) is 6.24. The second-order valence-electron chi connectivity index (χ2n) is 6.39. The molecular formula is C21H26AsNO6. The van der Waals surface area contributed by atoms with Gasteiger partial charge in [-0.1, -0.05) is 0 Å². The molecule has 1 unspecified atom stereocenters. The first-order valence-electron chi connectivity index (χ1n) is 9.13. The van der Waals surface area contributed by atoms with Gasteiger partial charge in [-0.2, -0.15) is 0 Å². The van der Waals surface area contributed by atoms with Crippen LogP contribution in [0.15, 0.2) is 36.4 Å². The molecule has 0 aromatic heterocycles. The molecule has 2 rings (SSSR count). The number of carboxylic acids is 1. The first kappa shape index (κ1) is 22.8. The number of hydrogen-bond acceptors (Lipinski definition) is 6. The summed E-state index contributed by atoms with van der Waals surface area (Å²) in [6.07, 6.45) is 0. The predicted molar refractivity (Wildman–Crippen MR) is 113 cm³/mol. The second-order valence-corrected chi connectivity index (χ2v) is 9.18. The predicted octanol–water partition coefficient (Wildman–Crippen LogP) is 0.898. The van der Waals surface area contributed by atoms with Crippen molar-refractivity contribution in [3.8, 4) is 11.5 Å². The molecule has 0 saturated heterocycles. The quantitative estimate of drug-likeness (QED) is 0.414. The molecule has 1 atom stereocenters. The van der Waals surface area contributed by atoms with E-state index in [0.717, 1.165) is 10.9 Å². The summed E-state index contributed by atoms with van der Waals surface area (Å²) in [6.45, 7) is 3.11. The zero-order valence-electron chi connectivity index (χ0n) is 17.0. The van der Waals surface area contributed by atoms with E-state index in [1.54, 1.807) is 26.2 Å². The summed E-state index contributed by atoms with van der Waals surface area (Å²) in [5, 5.41) is 9.75. The van der Waals surface area contributed by atoms with Crippen LogP contribution in [0.2, 0.25) is 0 Å². The first-order valence-corrected chi connectivity index (χ1v) is 11.2. The fourth-order valence-corrected chi connectivity index (χ4v) is 5.27. The van der Waals surface area contributed by atoms with Gasteiger partial charge in [-0.25, -0.2) is 0 Å². The fraction of sp³-hybridized carbons (Fsp3) is 0.333. The summed E-state index contributed by atoms with van der Waals surface area (Å²) in [5.74, 6) is -0.436. The van der Waals surface area contributed by atoms with Gasteiger partial charge >= 0.3 is 177 Å². The summed E-state index contributed by atoms with van der Waals surface area (Å²) in [4.78, 5) is 26.2. The van der Waals surface area contributed by atoms with Crippen molar-refractivity contribution in [1.29, 1.82) is 0 Å². The first-order chi connectivity index (χ1) is 13.9. The number of methoxy groups -OCH3 is 1. The monoisotopic (exact) mass is 463 g/mol. The second kappa shape index (κ2) is 10.9. The number of likely N-dealkylation sites (N-methyl/N-ethyl adjacent to an activating group) is 1. The van der Waals surface area contributed by atoms with E-state index >= 15 is 0 Å². The van der Waals surface area contributed by atoms with E-state index in [0.29, 0.717) is 22.5 Å². The molecule has 8 heteroatoms. The van der Waals surface area contributed by atoms with Gasteiger partial charge in [0.15, 0.2) is 0 Å². The van der Waals surface area contributed by atoms with E-state index in [1.807, 2.05) is 37.2 Å². The van der Waals surface area contributed by atoms with E-state index in [1.165, 1.54) is 6.07 Å². The summed E-state index contributed by atoms with van der Waals surface area (Å²) in [7, 11) is 5.51. The molecule has 7 nitrogen and oxygen atoms in total. The van der Waals surface area contributed by atoms with E-state index < -0.39 is 27.7 Å². The normalized spacial score (nSPS) is 11.1. The number of nitrogens with zero attached hydrogens (tertiary/aromatic N) is 1. The molecule has 2 aromatic carbocycles. The topological polar surface area (TPSA) is 85.3 Å². The third-order valence-electron chi connectivity index (χ3n) is 4.03. The van der Waals surface area contributed by atoms with Crippen LogP contribution in [0.4, 0.5) is 0 Å². The number of carbonyl (C=O) groups excluding carboxylic acids is 1. The Balaban J connectivity index is 2.41. The summed E-state index contributed by atoms with van der Waals surface area (Å²) < 4.78 is 17.8. The Morgan fingerprint density at radius 1 is 1.14 bits per heavy atom. The van der Waals surface area contributed by atoms with Crippen LogP contribution < -0.4 is 18.2 Å². The number of esters is 1. The van der Waals surface area contributed by atoms with Crippen LogP contribution >= 0.6 is 0 Å². The summed E-state index contributed by atoms with van der Waals surface area (Å²) >= 11 is -1.10. The molecule has 2 aromatic rings. The molecule has 0 bridgehead atoms. The Morgan fingerprint density at radius 2 is 1.90 bits per heavy atom. The Kier molecular flexibility index (Phi) is 8.55. The van der Waals surface area contributed by atoms with E-state index in [9.17, 15) is 14.7 Å². The van der Waals surface area contributed by atoms with Gasteiger partial charge in [-0.15, -0.1) is 0 Å². The minimum atomic E-state index is -1.14. The Morgan fingerprint density at radius 3 is 2.52 bits per heavy atom. The van der Waals surface area contributed by atoms with Gasteiger partial charge in [0.1, 0.15) is 0 Å². The van der Waals surface area contributed by atoms with Crippen LogP contribution in [0, 0.1) is 0 Å². The molecule has 0 spiro atoms. The molecule has 0 aliphatic carbocycles. The number of hydrogen-bond donors (Lipinski definition) is 1. The van der Waals surface area contributed by atoms with Crippen LogP contribution in [-0.2, 0) is 4.74 Å². The molecule has 0 radical (unpaired) electrons. The van der Waals surface area contributed by atoms with Gasteiger partial charge in [0.05, 0.1) is 0 Å². The molecule has 0 heterocycles. The summed E-state index contributed by atoms with van der Waals surface area (Å²) in [6, 6.07) is 10.5. The average Bonchev–Trinajstić information content (AvgIpc) is 2.68. The van der Waals surface area contributed by atoms with Gasteiger partial charge in [-0.3, -0.25) is 0 Å². The Hall–Kier alpha value is -2.50. The van der Waals surface area contributed by atoms with Crippen LogP contribution in [0.25, 0.3) is 0 Å². The van der Waals surface area contributed by atoms with Crippen LogP contribution in [0.3, 0.4) is 0 Å². The number of aromatic carboxylic acids is 1. The van der Waals surface area contributed by atoms with Crippen molar-refractivity contribution in [3.05, 3.63) is 47.5 Å². The molecule has 0 amide bonds. The molecule has 29 heavy (non-hydrogen) atoms. The van der Waals surface area contributed by atoms with Crippen molar-refractivity contribution in [1.82, 2.24) is 4.90 Å². The van der Waals surface area contributed by atoms with Crippen LogP contribution in [0.1, 0.15) is 27.6 Å². The van der Waals surface area contributed by atoms with Crippen molar-refractivity contribution in [2.24, 2.45) is 0 Å². The molecular weight excluding hydrogens is 437 g/mol. The standard InChI is InChI=1S/C21H26AsNO6/c1-5-28-21(26)15-7-6-8-17(19(15)20(24)25)22-16-10-9-14(27-4)13-18(16)29-12-11-23(2)3/h6-10,13,22H,5,11-12H2,1-4H3,(H,24,25). The molecule has 0 saturated carbocycles. The number of carboxylic acid groups (broad SMARTS) is 1. The number of rotatable bonds is 10. The van der Waals surface area contributed by atoms with Crippen molar-refractivity contribution in [2.75, 3.05) is 41.0 Å². The molecule has 0 fully saturated rings. The number of ether oxygens (including phenoxy) is 3. The van der Waals surface area contributed by atoms with Crippen molar-refractivity contribution in [3.63, 3.8) is 0 Å². The van der Waals surface area contributed by atoms with E-state index in [-0.39, 0.29) is 17.7 Å². The van der Waals surface area contributed by atoms with Gasteiger partial charge in [-0.05, 0) is 0 Å². The average molecular weight is 463 g/mol. The maximum absolute atomic E-state index is 12.2. The zero-order valence-corrected chi connectivity index (χ0v) is 19.1. The van der Waals surface area contributed by atoms with E-state index in [2.05, 4.69) is 0 Å². The number of benzene rings is 2.